The van der Waals surface area contributed by atoms with Gasteiger partial charge in [0.05, 0.1) is 29.6 Å². The largest absolute Gasteiger partial charge is 0.497 e. The predicted molar refractivity (Wildman–Crippen MR) is 123 cm³/mol. The number of hydrogen-bond donors (Lipinski definition) is 0. The van der Waals surface area contributed by atoms with E-state index in [0.29, 0.717) is 15.9 Å². The number of carbonyl (C=O) groups is 1. The van der Waals surface area contributed by atoms with Gasteiger partial charge in [0.1, 0.15) is 11.5 Å². The Morgan fingerprint density at radius 3 is 2.58 bits per heavy atom. The Labute approximate surface area is 189 Å². The first kappa shape index (κ1) is 21.1. The summed E-state index contributed by atoms with van der Waals surface area (Å²) in [5, 5.41) is 1.23. The summed E-state index contributed by atoms with van der Waals surface area (Å²) in [5.74, 6) is 1.09. The summed E-state index contributed by atoms with van der Waals surface area (Å²) in [6.45, 7) is 2.08. The van der Waals surface area contributed by atoms with Gasteiger partial charge in [-0.1, -0.05) is 29.0 Å². The fourth-order valence-corrected chi connectivity index (χ4v) is 4.21. The second kappa shape index (κ2) is 9.32. The zero-order chi connectivity index (χ0) is 21.8. The molecular weight excluding hydrogens is 434 g/mol. The van der Waals surface area contributed by atoms with Crippen molar-refractivity contribution in [1.29, 1.82) is 0 Å². The van der Waals surface area contributed by atoms with E-state index >= 15 is 0 Å². The number of methoxy groups -OCH3 is 1. The highest BCUT2D eigenvalue weighted by Gasteiger charge is 2.22. The fraction of sp³-hybridized carbons (Fsp3) is 0.174. The molecule has 4 rings (SSSR count). The first-order valence-electron chi connectivity index (χ1n) is 9.58. The van der Waals surface area contributed by atoms with E-state index in [1.165, 1.54) is 11.3 Å². The van der Waals surface area contributed by atoms with E-state index < -0.39 is 0 Å². The van der Waals surface area contributed by atoms with Crippen molar-refractivity contribution in [1.82, 2.24) is 9.97 Å². The molecule has 0 aliphatic heterocycles. The topological polar surface area (TPSA) is 64.6 Å². The Morgan fingerprint density at radius 1 is 1.10 bits per heavy atom. The molecule has 31 heavy (non-hydrogen) atoms. The molecule has 0 aliphatic rings. The molecule has 0 radical (unpaired) electrons. The highest BCUT2D eigenvalue weighted by Crippen LogP contribution is 2.34. The van der Waals surface area contributed by atoms with Gasteiger partial charge in [-0.3, -0.25) is 14.7 Å². The second-order valence-electron chi connectivity index (χ2n) is 6.78. The van der Waals surface area contributed by atoms with Gasteiger partial charge in [0.25, 0.3) is 5.91 Å². The molecule has 6 nitrogen and oxygen atoms in total. The number of thiazole rings is 1. The van der Waals surface area contributed by atoms with E-state index in [-0.39, 0.29) is 19.1 Å². The van der Waals surface area contributed by atoms with Gasteiger partial charge in [0.15, 0.2) is 11.7 Å². The number of rotatable bonds is 7. The van der Waals surface area contributed by atoms with Gasteiger partial charge in [-0.2, -0.15) is 0 Å². The van der Waals surface area contributed by atoms with Crippen molar-refractivity contribution in [2.24, 2.45) is 0 Å². The van der Waals surface area contributed by atoms with Crippen LogP contribution in [0.1, 0.15) is 11.3 Å². The van der Waals surface area contributed by atoms with Gasteiger partial charge in [-0.25, -0.2) is 4.98 Å². The number of hydrogen-bond acceptors (Lipinski definition) is 6. The van der Waals surface area contributed by atoms with Crippen LogP contribution in [0.2, 0.25) is 5.02 Å². The Hall–Kier alpha value is -3.16. The lowest BCUT2D eigenvalue weighted by molar-refractivity contribution is -0.120. The third-order valence-corrected chi connectivity index (χ3v) is 6.19. The first-order valence-corrected chi connectivity index (χ1v) is 10.8. The van der Waals surface area contributed by atoms with Crippen LogP contribution in [-0.2, 0) is 11.3 Å². The van der Waals surface area contributed by atoms with Crippen LogP contribution in [0.3, 0.4) is 0 Å². The molecule has 0 bridgehead atoms. The van der Waals surface area contributed by atoms with Crippen molar-refractivity contribution in [2.45, 2.75) is 13.5 Å². The lowest BCUT2D eigenvalue weighted by atomic mass is 10.2. The maximum Gasteiger partial charge on any atom is 0.267 e. The average molecular weight is 454 g/mol. The highest BCUT2D eigenvalue weighted by atomic mass is 35.5. The number of pyridine rings is 1. The number of amides is 1. The summed E-state index contributed by atoms with van der Waals surface area (Å²) in [6, 6.07) is 16.5. The van der Waals surface area contributed by atoms with E-state index in [4.69, 9.17) is 26.1 Å². The molecule has 0 saturated heterocycles. The summed E-state index contributed by atoms with van der Waals surface area (Å²) >= 11 is 7.69. The van der Waals surface area contributed by atoms with E-state index in [9.17, 15) is 4.79 Å². The molecular formula is C23H20ClN3O3S. The molecule has 4 aromatic rings. The zero-order valence-electron chi connectivity index (χ0n) is 17.0. The molecule has 2 aromatic carbocycles. The van der Waals surface area contributed by atoms with Gasteiger partial charge in [0, 0.05) is 11.2 Å². The summed E-state index contributed by atoms with van der Waals surface area (Å²) < 4.78 is 11.8. The van der Waals surface area contributed by atoms with Crippen molar-refractivity contribution in [3.8, 4) is 11.5 Å². The van der Waals surface area contributed by atoms with Crippen molar-refractivity contribution < 1.29 is 14.3 Å². The number of carbonyl (C=O) groups excluding carboxylic acids is 1. The molecule has 0 fully saturated rings. The minimum Gasteiger partial charge on any atom is -0.497 e. The zero-order valence-corrected chi connectivity index (χ0v) is 18.6. The van der Waals surface area contributed by atoms with Crippen LogP contribution >= 0.6 is 22.9 Å². The van der Waals surface area contributed by atoms with E-state index in [1.54, 1.807) is 42.5 Å². The van der Waals surface area contributed by atoms with Gasteiger partial charge in [-0.05, 0) is 61.0 Å². The van der Waals surface area contributed by atoms with Crippen LogP contribution < -0.4 is 14.4 Å². The van der Waals surface area contributed by atoms with Crippen LogP contribution in [0.25, 0.3) is 10.2 Å². The predicted octanol–water partition coefficient (Wildman–Crippen LogP) is 5.27. The smallest absolute Gasteiger partial charge is 0.267 e. The highest BCUT2D eigenvalue weighted by molar-refractivity contribution is 7.22. The summed E-state index contributed by atoms with van der Waals surface area (Å²) in [6.07, 6.45) is 1.70. The standard InChI is InChI=1S/C23H20ClN3O3S/c1-15-19(24)10-11-20-22(15)26-23(31-20)27(13-16-5-3-4-12-25-16)21(28)14-30-18-8-6-17(29-2)7-9-18/h3-12H,13-14H2,1-2H3. The van der Waals surface area contributed by atoms with Crippen LogP contribution in [0.5, 0.6) is 11.5 Å². The molecule has 1 amide bonds. The Kier molecular flexibility index (Phi) is 6.34. The van der Waals surface area contributed by atoms with E-state index in [0.717, 1.165) is 27.2 Å². The third kappa shape index (κ3) is 4.78. The lowest BCUT2D eigenvalue weighted by Crippen LogP contribution is -2.34. The van der Waals surface area contributed by atoms with Gasteiger partial charge in [-0.15, -0.1) is 0 Å². The van der Waals surface area contributed by atoms with Crippen molar-refractivity contribution in [2.75, 3.05) is 18.6 Å². The average Bonchev–Trinajstić information content (AvgIpc) is 3.24. The summed E-state index contributed by atoms with van der Waals surface area (Å²) in [7, 11) is 1.60. The van der Waals surface area contributed by atoms with Gasteiger partial charge >= 0.3 is 0 Å². The van der Waals surface area contributed by atoms with Crippen molar-refractivity contribution in [3.05, 3.63) is 77.1 Å². The molecule has 2 heterocycles. The van der Waals surface area contributed by atoms with Crippen molar-refractivity contribution in [3.63, 3.8) is 0 Å². The number of benzene rings is 2. The lowest BCUT2D eigenvalue weighted by Gasteiger charge is -2.19. The molecule has 0 N–H and O–H groups in total. The second-order valence-corrected chi connectivity index (χ2v) is 8.20. The molecule has 0 saturated carbocycles. The molecule has 0 atom stereocenters. The molecule has 158 valence electrons. The Bertz CT molecular complexity index is 1200. The van der Waals surface area contributed by atoms with Gasteiger partial charge < -0.3 is 9.47 Å². The maximum atomic E-state index is 13.2. The van der Waals surface area contributed by atoms with Crippen LogP contribution in [-0.4, -0.2) is 29.6 Å². The molecule has 8 heteroatoms. The number of aryl methyl sites for hydroxylation is 1. The van der Waals surface area contributed by atoms with Crippen LogP contribution in [0.4, 0.5) is 5.13 Å². The number of ether oxygens (including phenoxy) is 2. The minimum absolute atomic E-state index is 0.130. The Morgan fingerprint density at radius 2 is 1.87 bits per heavy atom. The number of fused-ring (bicyclic) bond motifs is 1. The monoisotopic (exact) mass is 453 g/mol. The Balaban J connectivity index is 1.60. The summed E-state index contributed by atoms with van der Waals surface area (Å²) in [4.78, 5) is 23.8. The van der Waals surface area contributed by atoms with E-state index in [1.807, 2.05) is 37.3 Å². The number of nitrogens with zero attached hydrogens (tertiary/aromatic N) is 3. The van der Waals surface area contributed by atoms with Crippen molar-refractivity contribution >= 4 is 44.2 Å². The number of aromatic nitrogens is 2. The molecule has 0 aliphatic carbocycles. The molecule has 0 spiro atoms. The van der Waals surface area contributed by atoms with E-state index in [2.05, 4.69) is 4.98 Å². The maximum absolute atomic E-state index is 13.2. The number of anilines is 1. The first-order chi connectivity index (χ1) is 15.0. The minimum atomic E-state index is -0.218. The fourth-order valence-electron chi connectivity index (χ4n) is 3.02. The quantitative estimate of drug-likeness (QED) is 0.381. The third-order valence-electron chi connectivity index (χ3n) is 4.74. The number of halogens is 1. The molecule has 0 unspecified atom stereocenters. The molecule has 2 aromatic heterocycles. The van der Waals surface area contributed by atoms with Crippen LogP contribution in [0.15, 0.2) is 60.8 Å². The normalized spacial score (nSPS) is 10.8. The van der Waals surface area contributed by atoms with Crippen LogP contribution in [0, 0.1) is 6.92 Å². The van der Waals surface area contributed by atoms with Gasteiger partial charge in [0.2, 0.25) is 0 Å². The summed E-state index contributed by atoms with van der Waals surface area (Å²) in [5.41, 5.74) is 2.44. The SMILES string of the molecule is COc1ccc(OCC(=O)N(Cc2ccccn2)c2nc3c(C)c(Cl)ccc3s2)cc1.